The second-order valence-electron chi connectivity index (χ2n) is 3.95. The van der Waals surface area contributed by atoms with E-state index in [-0.39, 0.29) is 5.82 Å². The van der Waals surface area contributed by atoms with Gasteiger partial charge in [-0.25, -0.2) is 4.39 Å². The van der Waals surface area contributed by atoms with Crippen molar-refractivity contribution < 1.29 is 4.39 Å². The zero-order valence-electron chi connectivity index (χ0n) is 10.4. The Morgan fingerprint density at radius 2 is 1.83 bits per heavy atom. The molecule has 0 bridgehead atoms. The lowest BCUT2D eigenvalue weighted by Crippen LogP contribution is -2.13. The van der Waals surface area contributed by atoms with Gasteiger partial charge >= 0.3 is 0 Å². The predicted octanol–water partition coefficient (Wildman–Crippen LogP) is 2.10. The molecule has 0 aliphatic heterocycles. The molecule has 0 unspecified atom stereocenters. The van der Waals surface area contributed by atoms with E-state index in [1.807, 2.05) is 31.1 Å². The van der Waals surface area contributed by atoms with Crippen LogP contribution in [0.2, 0.25) is 0 Å². The lowest BCUT2D eigenvalue weighted by atomic mass is 10.3. The largest absolute Gasteiger partial charge is 0.328 e. The van der Waals surface area contributed by atoms with Crippen molar-refractivity contribution in [3.8, 4) is 0 Å². The van der Waals surface area contributed by atoms with Crippen LogP contribution in [0.25, 0.3) is 0 Å². The van der Waals surface area contributed by atoms with Crippen molar-refractivity contribution in [2.24, 2.45) is 0 Å². The molecule has 0 aliphatic carbocycles. The summed E-state index contributed by atoms with van der Waals surface area (Å²) in [5.74, 6) is 0.476. The Kier molecular flexibility index (Phi) is 3.84. The third kappa shape index (κ3) is 2.81. The molecule has 0 spiro atoms. The number of benzene rings is 1. The number of hydrogen-bond donors (Lipinski definition) is 1. The minimum atomic E-state index is -0.248. The zero-order chi connectivity index (χ0) is 13.0. The van der Waals surface area contributed by atoms with Crippen LogP contribution in [0.5, 0.6) is 0 Å². The van der Waals surface area contributed by atoms with E-state index in [0.717, 1.165) is 17.2 Å². The van der Waals surface area contributed by atoms with Gasteiger partial charge in [0.05, 0.1) is 5.69 Å². The number of nitrogens with one attached hydrogen (secondary N) is 1. The molecule has 1 aromatic carbocycles. The molecule has 1 heterocycles. The maximum atomic E-state index is 12.8. The summed E-state index contributed by atoms with van der Waals surface area (Å²) < 4.78 is 12.8. The second kappa shape index (κ2) is 5.55. The fraction of sp³-hybridized carbons (Fsp3) is 0.231. The Morgan fingerprint density at radius 1 is 1.11 bits per heavy atom. The molecule has 5 heteroatoms. The highest BCUT2D eigenvalue weighted by atomic mass is 19.1. The highest BCUT2D eigenvalue weighted by Gasteiger charge is 2.06. The van der Waals surface area contributed by atoms with Crippen LogP contribution in [0.4, 0.5) is 15.9 Å². The second-order valence-corrected chi connectivity index (χ2v) is 3.95. The van der Waals surface area contributed by atoms with Crippen molar-refractivity contribution in [2.45, 2.75) is 6.54 Å². The van der Waals surface area contributed by atoms with Crippen LogP contribution in [-0.2, 0) is 6.54 Å². The van der Waals surface area contributed by atoms with Gasteiger partial charge in [-0.1, -0.05) is 0 Å². The molecule has 0 fully saturated rings. The average Bonchev–Trinajstić information content (AvgIpc) is 2.40. The van der Waals surface area contributed by atoms with Gasteiger partial charge < -0.3 is 10.2 Å². The molecule has 0 radical (unpaired) electrons. The predicted molar refractivity (Wildman–Crippen MR) is 69.3 cm³/mol. The van der Waals surface area contributed by atoms with Gasteiger partial charge in [0, 0.05) is 19.3 Å². The first-order valence-electron chi connectivity index (χ1n) is 5.67. The number of halogens is 1. The maximum absolute atomic E-state index is 12.8. The Balaban J connectivity index is 2.17. The van der Waals surface area contributed by atoms with E-state index in [0.29, 0.717) is 6.54 Å². The first-order valence-corrected chi connectivity index (χ1v) is 5.67. The van der Waals surface area contributed by atoms with Crippen LogP contribution in [0.15, 0.2) is 36.4 Å². The van der Waals surface area contributed by atoms with Crippen molar-refractivity contribution in [3.63, 3.8) is 0 Å². The number of aromatic nitrogens is 2. The number of rotatable bonds is 4. The van der Waals surface area contributed by atoms with Crippen molar-refractivity contribution in [1.29, 1.82) is 0 Å². The highest BCUT2D eigenvalue weighted by molar-refractivity contribution is 5.58. The molecular weight excluding hydrogens is 231 g/mol. The molecule has 0 saturated heterocycles. The summed E-state index contributed by atoms with van der Waals surface area (Å²) in [5, 5.41) is 11.3. The Labute approximate surface area is 105 Å². The van der Waals surface area contributed by atoms with Crippen molar-refractivity contribution in [1.82, 2.24) is 15.5 Å². The Morgan fingerprint density at radius 3 is 2.39 bits per heavy atom. The van der Waals surface area contributed by atoms with Gasteiger partial charge in [-0.15, -0.1) is 5.10 Å². The van der Waals surface area contributed by atoms with Crippen molar-refractivity contribution in [2.75, 3.05) is 19.0 Å². The topological polar surface area (TPSA) is 41.0 Å². The molecule has 0 aliphatic rings. The molecule has 18 heavy (non-hydrogen) atoms. The van der Waals surface area contributed by atoms with Gasteiger partial charge in [0.25, 0.3) is 0 Å². The SMILES string of the molecule is CNCc1ccc(N(C)c2ccc(F)cc2)nn1. The van der Waals surface area contributed by atoms with E-state index in [1.54, 1.807) is 12.1 Å². The monoisotopic (exact) mass is 246 g/mol. The van der Waals surface area contributed by atoms with Crippen molar-refractivity contribution >= 4 is 11.5 Å². The van der Waals surface area contributed by atoms with E-state index in [4.69, 9.17) is 0 Å². The summed E-state index contributed by atoms with van der Waals surface area (Å²) in [6.45, 7) is 0.688. The van der Waals surface area contributed by atoms with Gasteiger partial charge in [0.1, 0.15) is 5.82 Å². The number of anilines is 2. The summed E-state index contributed by atoms with van der Waals surface area (Å²) >= 11 is 0. The van der Waals surface area contributed by atoms with Crippen LogP contribution >= 0.6 is 0 Å². The van der Waals surface area contributed by atoms with Crippen LogP contribution < -0.4 is 10.2 Å². The lowest BCUT2D eigenvalue weighted by Gasteiger charge is -2.17. The fourth-order valence-electron chi connectivity index (χ4n) is 1.60. The molecule has 0 amide bonds. The zero-order valence-corrected chi connectivity index (χ0v) is 10.4. The molecule has 4 nitrogen and oxygen atoms in total. The van der Waals surface area contributed by atoms with Gasteiger partial charge in [-0.2, -0.15) is 5.10 Å². The molecule has 0 atom stereocenters. The first-order chi connectivity index (χ1) is 8.70. The summed E-state index contributed by atoms with van der Waals surface area (Å²) in [6, 6.07) is 10.1. The van der Waals surface area contributed by atoms with Crippen LogP contribution in [0.3, 0.4) is 0 Å². The maximum Gasteiger partial charge on any atom is 0.155 e. The summed E-state index contributed by atoms with van der Waals surface area (Å²) in [4.78, 5) is 1.86. The van der Waals surface area contributed by atoms with Crippen molar-refractivity contribution in [3.05, 3.63) is 47.9 Å². The molecule has 0 saturated carbocycles. The summed E-state index contributed by atoms with van der Waals surface area (Å²) in [7, 11) is 3.73. The third-order valence-corrected chi connectivity index (χ3v) is 2.62. The van der Waals surface area contributed by atoms with Gasteiger partial charge in [-0.3, -0.25) is 0 Å². The Hall–Kier alpha value is -2.01. The van der Waals surface area contributed by atoms with Gasteiger partial charge in [-0.05, 0) is 43.4 Å². The average molecular weight is 246 g/mol. The smallest absolute Gasteiger partial charge is 0.155 e. The summed E-state index contributed by atoms with van der Waals surface area (Å²) in [6.07, 6.45) is 0. The van der Waals surface area contributed by atoms with Crippen LogP contribution in [-0.4, -0.2) is 24.3 Å². The minimum absolute atomic E-state index is 0.248. The fourth-order valence-corrected chi connectivity index (χ4v) is 1.60. The lowest BCUT2D eigenvalue weighted by molar-refractivity contribution is 0.628. The van der Waals surface area contributed by atoms with E-state index < -0.39 is 0 Å². The standard InChI is InChI=1S/C13H15FN4/c1-15-9-11-5-8-13(17-16-11)18(2)12-6-3-10(14)4-7-12/h3-8,15H,9H2,1-2H3. The quantitative estimate of drug-likeness (QED) is 0.897. The molecule has 2 aromatic rings. The molecule has 2 rings (SSSR count). The minimum Gasteiger partial charge on any atom is -0.328 e. The number of hydrogen-bond acceptors (Lipinski definition) is 4. The third-order valence-electron chi connectivity index (χ3n) is 2.62. The van der Waals surface area contributed by atoms with Gasteiger partial charge in [0.2, 0.25) is 0 Å². The van der Waals surface area contributed by atoms with Crippen LogP contribution in [0, 0.1) is 5.82 Å². The number of nitrogens with zero attached hydrogens (tertiary/aromatic N) is 3. The normalized spacial score (nSPS) is 10.4. The molecule has 94 valence electrons. The van der Waals surface area contributed by atoms with E-state index >= 15 is 0 Å². The summed E-state index contributed by atoms with van der Waals surface area (Å²) in [5.41, 5.74) is 1.75. The highest BCUT2D eigenvalue weighted by Crippen LogP contribution is 2.20. The van der Waals surface area contributed by atoms with Gasteiger partial charge in [0.15, 0.2) is 5.82 Å². The molecule has 1 aromatic heterocycles. The first kappa shape index (κ1) is 12.4. The van der Waals surface area contributed by atoms with Crippen LogP contribution in [0.1, 0.15) is 5.69 Å². The van der Waals surface area contributed by atoms with E-state index in [9.17, 15) is 4.39 Å². The molecular formula is C13H15FN4. The Bertz CT molecular complexity index is 495. The van der Waals surface area contributed by atoms with E-state index in [2.05, 4.69) is 15.5 Å². The molecule has 1 N–H and O–H groups in total. The van der Waals surface area contributed by atoms with E-state index in [1.165, 1.54) is 12.1 Å².